The minimum absolute atomic E-state index is 0.262. The van der Waals surface area contributed by atoms with Crippen molar-refractivity contribution >= 4 is 8.46 Å². The normalized spacial score (nSPS) is 15.2. The first-order chi connectivity index (χ1) is 12.6. The van der Waals surface area contributed by atoms with Gasteiger partial charge in [0.05, 0.1) is 6.61 Å². The molecule has 0 spiro atoms. The van der Waals surface area contributed by atoms with Gasteiger partial charge in [0.1, 0.15) is 6.10 Å². The number of hydrogen-bond acceptors (Lipinski definition) is 4. The highest BCUT2D eigenvalue weighted by Crippen LogP contribution is 2.30. The second-order valence-electron chi connectivity index (χ2n) is 7.72. The van der Waals surface area contributed by atoms with Crippen LogP contribution >= 0.6 is 8.46 Å². The predicted octanol–water partition coefficient (Wildman–Crippen LogP) is 5.97. The van der Waals surface area contributed by atoms with E-state index in [1.54, 1.807) is 0 Å². The van der Waals surface area contributed by atoms with Crippen molar-refractivity contribution in [3.8, 4) is 0 Å². The summed E-state index contributed by atoms with van der Waals surface area (Å²) in [5.74, 6) is 0. The second kappa shape index (κ2) is 18.3. The average Bonchev–Trinajstić information content (AvgIpc) is 2.66. The molecule has 26 heavy (non-hydrogen) atoms. The van der Waals surface area contributed by atoms with E-state index in [4.69, 9.17) is 5.11 Å². The third-order valence-electron chi connectivity index (χ3n) is 5.26. The van der Waals surface area contributed by atoms with Gasteiger partial charge < -0.3 is 15.3 Å². The van der Waals surface area contributed by atoms with Crippen molar-refractivity contribution in [1.82, 2.24) is 0 Å². The molecule has 0 aliphatic carbocycles. The molecule has 5 heteroatoms. The Kier molecular flexibility index (Phi) is 18.3. The van der Waals surface area contributed by atoms with Gasteiger partial charge in [-0.3, -0.25) is 4.57 Å². The van der Waals surface area contributed by atoms with Gasteiger partial charge in [-0.15, -0.1) is 0 Å². The van der Waals surface area contributed by atoms with Crippen LogP contribution in [0.4, 0.5) is 0 Å². The van der Waals surface area contributed by atoms with Crippen LogP contribution in [0.5, 0.6) is 0 Å². The summed E-state index contributed by atoms with van der Waals surface area (Å²) >= 11 is 0. The molecule has 4 nitrogen and oxygen atoms in total. The fourth-order valence-corrected chi connectivity index (χ4v) is 3.81. The van der Waals surface area contributed by atoms with Gasteiger partial charge in [-0.2, -0.15) is 0 Å². The zero-order chi connectivity index (χ0) is 19.5. The van der Waals surface area contributed by atoms with Crippen molar-refractivity contribution in [3.05, 3.63) is 0 Å². The van der Waals surface area contributed by atoms with Crippen LogP contribution in [0.25, 0.3) is 0 Å². The Morgan fingerprint density at radius 1 is 0.731 bits per heavy atom. The van der Waals surface area contributed by atoms with Crippen LogP contribution in [0.2, 0.25) is 0 Å². The fraction of sp³-hybridized carbons (Fsp3) is 1.00. The molecule has 0 aromatic rings. The lowest BCUT2D eigenvalue weighted by molar-refractivity contribution is -0.0444. The Morgan fingerprint density at radius 2 is 1.08 bits per heavy atom. The van der Waals surface area contributed by atoms with Crippen molar-refractivity contribution in [1.29, 1.82) is 0 Å². The molecule has 0 bridgehead atoms. The summed E-state index contributed by atoms with van der Waals surface area (Å²) in [6.07, 6.45) is 19.4. The first-order valence-corrected chi connectivity index (χ1v) is 11.8. The van der Waals surface area contributed by atoms with E-state index in [0.717, 1.165) is 19.3 Å². The Bertz CT molecular complexity index is 314. The van der Waals surface area contributed by atoms with Crippen molar-refractivity contribution < 1.29 is 19.9 Å². The molecule has 0 aromatic heterocycles. The van der Waals surface area contributed by atoms with E-state index in [-0.39, 0.29) is 6.42 Å². The summed E-state index contributed by atoms with van der Waals surface area (Å²) in [5, 5.41) is 26.7. The molecule has 0 fully saturated rings. The summed E-state index contributed by atoms with van der Waals surface area (Å²) < 4.78 is 11.0. The highest BCUT2D eigenvalue weighted by molar-refractivity contribution is 7.25. The Morgan fingerprint density at radius 3 is 1.38 bits per heavy atom. The smallest absolute Gasteiger partial charge is 0.193 e. The first-order valence-electron chi connectivity index (χ1n) is 11.0. The monoisotopic (exact) mass is 390 g/mol. The largest absolute Gasteiger partial charge is 0.394 e. The average molecular weight is 391 g/mol. The molecule has 0 rings (SSSR count). The van der Waals surface area contributed by atoms with Crippen LogP contribution in [-0.2, 0) is 4.57 Å². The maximum atomic E-state index is 11.0. The van der Waals surface area contributed by atoms with E-state index in [0.29, 0.717) is 0 Å². The highest BCUT2D eigenvalue weighted by atomic mass is 31.1. The van der Waals surface area contributed by atoms with Gasteiger partial charge >= 0.3 is 0 Å². The van der Waals surface area contributed by atoms with E-state index in [9.17, 15) is 14.8 Å². The summed E-state index contributed by atoms with van der Waals surface area (Å²) in [5.41, 5.74) is 0. The second-order valence-corrected chi connectivity index (χ2v) is 8.68. The Hall–Kier alpha value is -0.0200. The lowest BCUT2D eigenvalue weighted by Gasteiger charge is -2.24. The van der Waals surface area contributed by atoms with Gasteiger partial charge in [-0.25, -0.2) is 0 Å². The number of unbranched alkanes of at least 4 members (excludes halogenated alkanes) is 15. The molecule has 0 saturated heterocycles. The van der Waals surface area contributed by atoms with Gasteiger partial charge in [0, 0.05) is 0 Å². The highest BCUT2D eigenvalue weighted by Gasteiger charge is 2.35. The van der Waals surface area contributed by atoms with Crippen LogP contribution in [0.3, 0.4) is 0 Å². The minimum Gasteiger partial charge on any atom is -0.394 e. The number of hydrogen-bond donors (Lipinski definition) is 3. The molecule has 156 valence electrons. The van der Waals surface area contributed by atoms with Gasteiger partial charge in [0.2, 0.25) is 0 Å². The number of aliphatic hydroxyl groups is 3. The third kappa shape index (κ3) is 14.1. The zero-order valence-corrected chi connectivity index (χ0v) is 17.9. The van der Waals surface area contributed by atoms with E-state index in [1.165, 1.54) is 83.5 Å². The maximum absolute atomic E-state index is 11.0. The van der Waals surface area contributed by atoms with Gasteiger partial charge in [-0.05, 0) is 12.8 Å². The molecule has 0 amide bonds. The van der Waals surface area contributed by atoms with Crippen molar-refractivity contribution in [2.75, 3.05) is 6.61 Å². The molecule has 0 aromatic carbocycles. The van der Waals surface area contributed by atoms with Gasteiger partial charge in [-0.1, -0.05) is 103 Å². The van der Waals surface area contributed by atoms with Crippen molar-refractivity contribution in [3.63, 3.8) is 0 Å². The molecule has 0 heterocycles. The molecule has 2 atom stereocenters. The van der Waals surface area contributed by atoms with Crippen LogP contribution in [0, 0.1) is 0 Å². The topological polar surface area (TPSA) is 77.8 Å². The molecule has 2 unspecified atom stereocenters. The van der Waals surface area contributed by atoms with Crippen LogP contribution in [-0.4, -0.2) is 33.4 Å². The standard InChI is InChI=1S/C21H43O4P/c1-2-3-4-5-6-7-8-9-10-11-12-13-14-15-16-17-18-21(24,26-25)20(23)19-22/h20,22-24H,2-19H2,1H3. The first kappa shape index (κ1) is 26.0. The third-order valence-corrected chi connectivity index (χ3v) is 6.10. The quantitative estimate of drug-likeness (QED) is 0.177. The Labute approximate surface area is 163 Å². The SMILES string of the molecule is CCCCCCCCCCCCCCCCCCC(O)(P=O)C(O)CO. The summed E-state index contributed by atoms with van der Waals surface area (Å²) in [6, 6.07) is 0. The van der Waals surface area contributed by atoms with Crippen LogP contribution in [0.1, 0.15) is 116 Å². The lowest BCUT2D eigenvalue weighted by Crippen LogP contribution is -2.39. The van der Waals surface area contributed by atoms with E-state index in [2.05, 4.69) is 6.92 Å². The molecule has 0 radical (unpaired) electrons. The van der Waals surface area contributed by atoms with Crippen molar-refractivity contribution in [2.45, 2.75) is 128 Å². The molecule has 3 N–H and O–H groups in total. The fourth-order valence-electron chi connectivity index (χ4n) is 3.35. The maximum Gasteiger partial charge on any atom is 0.193 e. The van der Waals surface area contributed by atoms with Crippen LogP contribution < -0.4 is 0 Å². The number of rotatable bonds is 20. The summed E-state index contributed by atoms with van der Waals surface area (Å²) in [4.78, 5) is 0. The summed E-state index contributed by atoms with van der Waals surface area (Å²) in [6.45, 7) is 1.70. The number of aliphatic hydroxyl groups excluding tert-OH is 2. The minimum atomic E-state index is -1.69. The van der Waals surface area contributed by atoms with Gasteiger partial charge in [0.15, 0.2) is 13.8 Å². The zero-order valence-electron chi connectivity index (χ0n) is 17.0. The van der Waals surface area contributed by atoms with Crippen molar-refractivity contribution in [2.24, 2.45) is 0 Å². The van der Waals surface area contributed by atoms with E-state index < -0.39 is 26.5 Å². The van der Waals surface area contributed by atoms with E-state index in [1.807, 2.05) is 0 Å². The molecule has 0 saturated carbocycles. The molecule has 0 aliphatic rings. The van der Waals surface area contributed by atoms with Crippen LogP contribution in [0.15, 0.2) is 0 Å². The Balaban J connectivity index is 3.30. The lowest BCUT2D eigenvalue weighted by atomic mass is 10.0. The molecule has 0 aliphatic heterocycles. The molecular weight excluding hydrogens is 347 g/mol. The summed E-state index contributed by atoms with van der Waals surface area (Å²) in [7, 11) is -0.508. The molecular formula is C21H43O4P. The predicted molar refractivity (Wildman–Crippen MR) is 110 cm³/mol. The van der Waals surface area contributed by atoms with E-state index >= 15 is 0 Å². The van der Waals surface area contributed by atoms with Gasteiger partial charge in [0.25, 0.3) is 0 Å².